The lowest BCUT2D eigenvalue weighted by Crippen LogP contribution is -2.40. The van der Waals surface area contributed by atoms with Crippen molar-refractivity contribution in [3.63, 3.8) is 0 Å². The van der Waals surface area contributed by atoms with Gasteiger partial charge < -0.3 is 14.7 Å². The zero-order chi connectivity index (χ0) is 13.0. The summed E-state index contributed by atoms with van der Waals surface area (Å²) in [5.74, 6) is 0.627. The second-order valence-electron chi connectivity index (χ2n) is 4.45. The molecule has 0 bridgehead atoms. The summed E-state index contributed by atoms with van der Waals surface area (Å²) in [6.45, 7) is 3.67. The lowest BCUT2D eigenvalue weighted by atomic mass is 10.1. The number of para-hydroxylation sites is 1. The van der Waals surface area contributed by atoms with Crippen molar-refractivity contribution in [2.45, 2.75) is 25.9 Å². The monoisotopic (exact) mass is 249 g/mol. The van der Waals surface area contributed by atoms with Crippen LogP contribution in [0.3, 0.4) is 0 Å². The fourth-order valence-electron chi connectivity index (χ4n) is 2.16. The quantitative estimate of drug-likeness (QED) is 0.886. The zero-order valence-electron chi connectivity index (χ0n) is 10.6. The molecule has 1 saturated heterocycles. The molecule has 98 valence electrons. The van der Waals surface area contributed by atoms with Gasteiger partial charge in [-0.3, -0.25) is 4.79 Å². The summed E-state index contributed by atoms with van der Waals surface area (Å²) in [5, 5.41) is 9.46. The number of piperidine rings is 1. The van der Waals surface area contributed by atoms with E-state index in [1.54, 1.807) is 11.0 Å². The number of aliphatic hydroxyl groups is 1. The van der Waals surface area contributed by atoms with Crippen LogP contribution >= 0.6 is 0 Å². The van der Waals surface area contributed by atoms with E-state index in [4.69, 9.17) is 4.74 Å². The zero-order valence-corrected chi connectivity index (χ0v) is 10.6. The van der Waals surface area contributed by atoms with Crippen LogP contribution < -0.4 is 4.74 Å². The van der Waals surface area contributed by atoms with Crippen LogP contribution in [-0.4, -0.2) is 41.7 Å². The van der Waals surface area contributed by atoms with Gasteiger partial charge in [-0.15, -0.1) is 0 Å². The highest BCUT2D eigenvalue weighted by Crippen LogP contribution is 2.21. The van der Waals surface area contributed by atoms with Crippen LogP contribution in [0.2, 0.25) is 0 Å². The number of carbonyl (C=O) groups is 1. The first-order valence-corrected chi connectivity index (χ1v) is 6.41. The Morgan fingerprint density at radius 3 is 2.72 bits per heavy atom. The average molecular weight is 249 g/mol. The van der Waals surface area contributed by atoms with E-state index in [9.17, 15) is 9.90 Å². The summed E-state index contributed by atoms with van der Waals surface area (Å²) in [6.07, 6.45) is 1.04. The molecule has 0 radical (unpaired) electrons. The third-order valence-corrected chi connectivity index (χ3v) is 3.17. The lowest BCUT2D eigenvalue weighted by molar-refractivity contribution is 0.0543. The molecule has 1 aliphatic rings. The second-order valence-corrected chi connectivity index (χ2v) is 4.45. The molecule has 1 heterocycles. The van der Waals surface area contributed by atoms with Gasteiger partial charge in [-0.2, -0.15) is 0 Å². The molecule has 0 atom stereocenters. The molecule has 1 fully saturated rings. The number of amides is 1. The standard InChI is InChI=1S/C14H19NO3/c1-2-18-13-6-4-3-5-12(13)14(17)15-9-7-11(16)8-10-15/h3-6,11,16H,2,7-10H2,1H3. The average Bonchev–Trinajstić information content (AvgIpc) is 2.40. The number of nitrogens with zero attached hydrogens (tertiary/aromatic N) is 1. The Hall–Kier alpha value is -1.55. The van der Waals surface area contributed by atoms with E-state index < -0.39 is 0 Å². The van der Waals surface area contributed by atoms with Crippen molar-refractivity contribution < 1.29 is 14.6 Å². The van der Waals surface area contributed by atoms with Gasteiger partial charge in [0, 0.05) is 13.1 Å². The molecule has 4 heteroatoms. The Labute approximate surface area is 107 Å². The molecular weight excluding hydrogens is 230 g/mol. The van der Waals surface area contributed by atoms with Crippen molar-refractivity contribution in [1.29, 1.82) is 0 Å². The molecule has 0 aromatic heterocycles. The molecule has 1 amide bonds. The Bertz CT molecular complexity index is 411. The van der Waals surface area contributed by atoms with Gasteiger partial charge in [-0.1, -0.05) is 12.1 Å². The minimum Gasteiger partial charge on any atom is -0.493 e. The highest BCUT2D eigenvalue weighted by atomic mass is 16.5. The van der Waals surface area contributed by atoms with Crippen LogP contribution in [0.4, 0.5) is 0 Å². The fraction of sp³-hybridized carbons (Fsp3) is 0.500. The summed E-state index contributed by atoms with van der Waals surface area (Å²) in [4.78, 5) is 14.1. The molecule has 0 aliphatic carbocycles. The molecule has 4 nitrogen and oxygen atoms in total. The number of hydrogen-bond acceptors (Lipinski definition) is 3. The van der Waals surface area contributed by atoms with Gasteiger partial charge in [0.25, 0.3) is 5.91 Å². The maximum atomic E-state index is 12.4. The number of aliphatic hydroxyl groups excluding tert-OH is 1. The molecule has 18 heavy (non-hydrogen) atoms. The Morgan fingerprint density at radius 1 is 1.39 bits per heavy atom. The number of rotatable bonds is 3. The van der Waals surface area contributed by atoms with Gasteiger partial charge >= 0.3 is 0 Å². The Morgan fingerprint density at radius 2 is 2.06 bits per heavy atom. The van der Waals surface area contributed by atoms with Gasteiger partial charge in [0.05, 0.1) is 18.3 Å². The van der Waals surface area contributed by atoms with Crippen LogP contribution in [0.1, 0.15) is 30.1 Å². The summed E-state index contributed by atoms with van der Waals surface area (Å²) >= 11 is 0. The number of carbonyl (C=O) groups excluding carboxylic acids is 1. The first-order chi connectivity index (χ1) is 8.72. The van der Waals surface area contributed by atoms with Crippen LogP contribution in [-0.2, 0) is 0 Å². The number of benzene rings is 1. The van der Waals surface area contributed by atoms with Crippen molar-refractivity contribution in [2.24, 2.45) is 0 Å². The highest BCUT2D eigenvalue weighted by Gasteiger charge is 2.24. The molecule has 2 rings (SSSR count). The van der Waals surface area contributed by atoms with E-state index >= 15 is 0 Å². The molecule has 0 spiro atoms. The third-order valence-electron chi connectivity index (χ3n) is 3.17. The molecular formula is C14H19NO3. The molecule has 0 unspecified atom stereocenters. The summed E-state index contributed by atoms with van der Waals surface area (Å²) < 4.78 is 5.47. The van der Waals surface area contributed by atoms with Gasteiger partial charge in [-0.05, 0) is 31.9 Å². The predicted molar refractivity (Wildman–Crippen MR) is 68.8 cm³/mol. The Balaban J connectivity index is 2.13. The molecule has 1 aliphatic heterocycles. The summed E-state index contributed by atoms with van der Waals surface area (Å²) in [5.41, 5.74) is 0.607. The maximum Gasteiger partial charge on any atom is 0.257 e. The van der Waals surface area contributed by atoms with Crippen molar-refractivity contribution >= 4 is 5.91 Å². The van der Waals surface area contributed by atoms with Crippen molar-refractivity contribution in [3.8, 4) is 5.75 Å². The number of likely N-dealkylation sites (tertiary alicyclic amines) is 1. The van der Waals surface area contributed by atoms with Gasteiger partial charge in [0.1, 0.15) is 5.75 Å². The van der Waals surface area contributed by atoms with Gasteiger partial charge in [-0.25, -0.2) is 0 Å². The third kappa shape index (κ3) is 2.82. The van der Waals surface area contributed by atoms with E-state index in [2.05, 4.69) is 0 Å². The van der Waals surface area contributed by atoms with Crippen molar-refractivity contribution in [2.75, 3.05) is 19.7 Å². The second kappa shape index (κ2) is 5.87. The van der Waals surface area contributed by atoms with E-state index in [1.807, 2.05) is 25.1 Å². The van der Waals surface area contributed by atoms with Crippen LogP contribution in [0.15, 0.2) is 24.3 Å². The number of hydrogen-bond donors (Lipinski definition) is 1. The smallest absolute Gasteiger partial charge is 0.257 e. The first-order valence-electron chi connectivity index (χ1n) is 6.41. The predicted octanol–water partition coefficient (Wildman–Crippen LogP) is 1.68. The van der Waals surface area contributed by atoms with E-state index in [-0.39, 0.29) is 12.0 Å². The van der Waals surface area contributed by atoms with Crippen LogP contribution in [0, 0.1) is 0 Å². The van der Waals surface area contributed by atoms with Crippen molar-refractivity contribution in [1.82, 2.24) is 4.90 Å². The molecule has 1 aromatic rings. The summed E-state index contributed by atoms with van der Waals surface area (Å²) in [6, 6.07) is 7.31. The first kappa shape index (κ1) is 12.9. The van der Waals surface area contributed by atoms with Crippen LogP contribution in [0.25, 0.3) is 0 Å². The van der Waals surface area contributed by atoms with Crippen molar-refractivity contribution in [3.05, 3.63) is 29.8 Å². The fourth-order valence-corrected chi connectivity index (χ4v) is 2.16. The molecule has 0 saturated carbocycles. The minimum absolute atomic E-state index is 0.00838. The summed E-state index contributed by atoms with van der Waals surface area (Å²) in [7, 11) is 0. The van der Waals surface area contributed by atoms with Gasteiger partial charge in [0.15, 0.2) is 0 Å². The number of ether oxygens (including phenoxy) is 1. The van der Waals surface area contributed by atoms with E-state index in [0.29, 0.717) is 43.9 Å². The minimum atomic E-state index is -0.267. The maximum absolute atomic E-state index is 12.4. The molecule has 1 N–H and O–H groups in total. The van der Waals surface area contributed by atoms with E-state index in [0.717, 1.165) is 0 Å². The highest BCUT2D eigenvalue weighted by molar-refractivity contribution is 5.97. The largest absolute Gasteiger partial charge is 0.493 e. The lowest BCUT2D eigenvalue weighted by Gasteiger charge is -2.30. The SMILES string of the molecule is CCOc1ccccc1C(=O)N1CCC(O)CC1. The van der Waals surface area contributed by atoms with Crippen LogP contribution in [0.5, 0.6) is 5.75 Å². The van der Waals surface area contributed by atoms with Gasteiger partial charge in [0.2, 0.25) is 0 Å². The normalized spacial score (nSPS) is 16.7. The topological polar surface area (TPSA) is 49.8 Å². The van der Waals surface area contributed by atoms with E-state index in [1.165, 1.54) is 0 Å². The molecule has 1 aromatic carbocycles. The Kier molecular flexibility index (Phi) is 4.20.